The van der Waals surface area contributed by atoms with Crippen LogP contribution in [0.1, 0.15) is 38.5 Å². The molecule has 2 atom stereocenters. The Morgan fingerprint density at radius 3 is 2.89 bits per heavy atom. The molecular formula is C21H24N4OS. The molecule has 0 spiro atoms. The molecule has 0 radical (unpaired) electrons. The largest absolute Gasteiger partial charge is 0.338 e. The van der Waals surface area contributed by atoms with Gasteiger partial charge in [-0.3, -0.25) is 4.79 Å². The van der Waals surface area contributed by atoms with Crippen LogP contribution in [0.5, 0.6) is 0 Å². The number of hydrogen-bond donors (Lipinski definition) is 0. The molecule has 2 aliphatic rings. The smallest absolute Gasteiger partial charge is 0.242 e. The minimum absolute atomic E-state index is 0.228. The normalized spacial score (nSPS) is 22.7. The Morgan fingerprint density at radius 2 is 2.00 bits per heavy atom. The van der Waals surface area contributed by atoms with Crippen LogP contribution in [-0.2, 0) is 11.3 Å². The van der Waals surface area contributed by atoms with Gasteiger partial charge < -0.3 is 9.47 Å². The first-order chi connectivity index (χ1) is 13.3. The van der Waals surface area contributed by atoms with Crippen molar-refractivity contribution in [1.29, 1.82) is 0 Å². The molecule has 1 saturated carbocycles. The number of rotatable bonds is 3. The van der Waals surface area contributed by atoms with E-state index < -0.39 is 0 Å². The third-order valence-electron chi connectivity index (χ3n) is 6.17. The van der Waals surface area contributed by atoms with Crippen molar-refractivity contribution < 1.29 is 4.79 Å². The number of aromatic nitrogens is 3. The van der Waals surface area contributed by atoms with Crippen LogP contribution in [0, 0.1) is 5.92 Å². The van der Waals surface area contributed by atoms with E-state index in [9.17, 15) is 4.79 Å². The quantitative estimate of drug-likeness (QED) is 0.679. The van der Waals surface area contributed by atoms with E-state index in [4.69, 9.17) is 4.98 Å². The van der Waals surface area contributed by atoms with E-state index >= 15 is 0 Å². The van der Waals surface area contributed by atoms with Crippen molar-refractivity contribution in [3.05, 3.63) is 35.2 Å². The molecule has 2 fully saturated rings. The number of fused-ring (bicyclic) bond motifs is 2. The zero-order chi connectivity index (χ0) is 18.2. The monoisotopic (exact) mass is 380 g/mol. The molecule has 140 valence electrons. The van der Waals surface area contributed by atoms with E-state index in [1.165, 1.54) is 32.1 Å². The SMILES string of the molecule is O=C(Cn1c(-c2cscn2)nc2ccccc21)N1CCC[C@H]2CCCC[C@@H]21. The summed E-state index contributed by atoms with van der Waals surface area (Å²) in [6.07, 6.45) is 7.45. The van der Waals surface area contributed by atoms with Gasteiger partial charge in [0.05, 0.1) is 16.5 Å². The summed E-state index contributed by atoms with van der Waals surface area (Å²) in [4.78, 5) is 24.7. The van der Waals surface area contributed by atoms with Gasteiger partial charge in [-0.2, -0.15) is 0 Å². The molecule has 1 aliphatic carbocycles. The van der Waals surface area contributed by atoms with Crippen molar-refractivity contribution in [2.24, 2.45) is 5.92 Å². The fourth-order valence-electron chi connectivity index (χ4n) is 4.91. The van der Waals surface area contributed by atoms with E-state index in [1.807, 2.05) is 35.2 Å². The third-order valence-corrected chi connectivity index (χ3v) is 6.76. The number of nitrogens with zero attached hydrogens (tertiary/aromatic N) is 4. The molecule has 0 unspecified atom stereocenters. The van der Waals surface area contributed by atoms with E-state index in [0.717, 1.165) is 35.5 Å². The first kappa shape index (κ1) is 16.9. The lowest BCUT2D eigenvalue weighted by Crippen LogP contribution is -2.50. The predicted molar refractivity (Wildman–Crippen MR) is 108 cm³/mol. The maximum Gasteiger partial charge on any atom is 0.242 e. The molecule has 0 bridgehead atoms. The number of amides is 1. The maximum atomic E-state index is 13.3. The van der Waals surface area contributed by atoms with E-state index in [0.29, 0.717) is 18.5 Å². The van der Waals surface area contributed by atoms with Crippen molar-refractivity contribution in [1.82, 2.24) is 19.4 Å². The van der Waals surface area contributed by atoms with Crippen molar-refractivity contribution >= 4 is 28.3 Å². The highest BCUT2D eigenvalue weighted by molar-refractivity contribution is 7.07. The van der Waals surface area contributed by atoms with Crippen molar-refractivity contribution in [2.45, 2.75) is 51.1 Å². The Kier molecular flexibility index (Phi) is 4.44. The Morgan fingerprint density at radius 1 is 1.15 bits per heavy atom. The molecule has 1 saturated heterocycles. The average molecular weight is 381 g/mol. The van der Waals surface area contributed by atoms with Crippen molar-refractivity contribution in [3.8, 4) is 11.5 Å². The van der Waals surface area contributed by atoms with Crippen molar-refractivity contribution in [3.63, 3.8) is 0 Å². The Bertz CT molecular complexity index is 946. The average Bonchev–Trinajstić information content (AvgIpc) is 3.36. The number of thiazole rings is 1. The molecule has 1 aliphatic heterocycles. The number of para-hydroxylation sites is 2. The van der Waals surface area contributed by atoms with Gasteiger partial charge in [0.2, 0.25) is 5.91 Å². The zero-order valence-electron chi connectivity index (χ0n) is 15.4. The summed E-state index contributed by atoms with van der Waals surface area (Å²) in [7, 11) is 0. The molecule has 2 aromatic heterocycles. The van der Waals surface area contributed by atoms with Gasteiger partial charge in [0.1, 0.15) is 12.2 Å². The Labute approximate surface area is 163 Å². The summed E-state index contributed by atoms with van der Waals surface area (Å²) in [5.41, 5.74) is 4.59. The Balaban J connectivity index is 1.49. The summed E-state index contributed by atoms with van der Waals surface area (Å²) >= 11 is 1.56. The van der Waals surface area contributed by atoms with Gasteiger partial charge >= 0.3 is 0 Å². The second kappa shape index (κ2) is 7.08. The van der Waals surface area contributed by atoms with Gasteiger partial charge in [-0.25, -0.2) is 9.97 Å². The summed E-state index contributed by atoms with van der Waals surface area (Å²) in [5.74, 6) is 1.73. The summed E-state index contributed by atoms with van der Waals surface area (Å²) < 4.78 is 2.05. The summed E-state index contributed by atoms with van der Waals surface area (Å²) in [6, 6.07) is 8.49. The minimum atomic E-state index is 0.228. The molecule has 1 aromatic carbocycles. The fourth-order valence-corrected chi connectivity index (χ4v) is 5.45. The van der Waals surface area contributed by atoms with Crippen LogP contribution < -0.4 is 0 Å². The van der Waals surface area contributed by atoms with Gasteiger partial charge in [0.25, 0.3) is 0 Å². The second-order valence-corrected chi connectivity index (χ2v) is 8.44. The molecule has 5 nitrogen and oxygen atoms in total. The van der Waals surface area contributed by atoms with Gasteiger partial charge in [0, 0.05) is 18.0 Å². The number of piperidine rings is 1. The topological polar surface area (TPSA) is 51.0 Å². The zero-order valence-corrected chi connectivity index (χ0v) is 16.2. The molecule has 5 rings (SSSR count). The fraction of sp³-hybridized carbons (Fsp3) is 0.476. The number of hydrogen-bond acceptors (Lipinski definition) is 4. The van der Waals surface area contributed by atoms with Gasteiger partial charge in [-0.1, -0.05) is 25.0 Å². The van der Waals surface area contributed by atoms with Crippen LogP contribution in [0.4, 0.5) is 0 Å². The highest BCUT2D eigenvalue weighted by Gasteiger charge is 2.35. The highest BCUT2D eigenvalue weighted by Crippen LogP contribution is 2.35. The van der Waals surface area contributed by atoms with Crippen LogP contribution >= 0.6 is 11.3 Å². The van der Waals surface area contributed by atoms with Crippen LogP contribution in [0.2, 0.25) is 0 Å². The van der Waals surface area contributed by atoms with Gasteiger partial charge in [0.15, 0.2) is 5.82 Å². The standard InChI is InChI=1S/C21H24N4OS/c26-20(24-11-5-7-15-6-1-3-9-18(15)24)12-25-19-10-4-2-8-16(19)23-21(25)17-13-27-14-22-17/h2,4,8,10,13-15,18H,1,3,5-7,9,11-12H2/t15-,18+/m1/s1. The molecular weight excluding hydrogens is 356 g/mol. The van der Waals surface area contributed by atoms with Crippen LogP contribution in [0.25, 0.3) is 22.6 Å². The molecule has 0 N–H and O–H groups in total. The van der Waals surface area contributed by atoms with E-state index in [-0.39, 0.29) is 5.91 Å². The van der Waals surface area contributed by atoms with Crippen LogP contribution in [0.3, 0.4) is 0 Å². The second-order valence-electron chi connectivity index (χ2n) is 7.73. The number of carbonyl (C=O) groups is 1. The lowest BCUT2D eigenvalue weighted by molar-refractivity contribution is -0.138. The first-order valence-corrected chi connectivity index (χ1v) is 10.9. The third kappa shape index (κ3) is 3.06. The first-order valence-electron chi connectivity index (χ1n) is 9.94. The van der Waals surface area contributed by atoms with E-state index in [2.05, 4.69) is 14.5 Å². The number of likely N-dealkylation sites (tertiary alicyclic amines) is 1. The van der Waals surface area contributed by atoms with Gasteiger partial charge in [-0.15, -0.1) is 11.3 Å². The molecule has 6 heteroatoms. The lowest BCUT2D eigenvalue weighted by atomic mass is 9.78. The number of benzene rings is 1. The molecule has 1 amide bonds. The summed E-state index contributed by atoms with van der Waals surface area (Å²) in [5, 5.41) is 2.00. The van der Waals surface area contributed by atoms with Crippen LogP contribution in [-0.4, -0.2) is 37.9 Å². The molecule has 3 aromatic rings. The van der Waals surface area contributed by atoms with Crippen LogP contribution in [0.15, 0.2) is 35.2 Å². The van der Waals surface area contributed by atoms with E-state index in [1.54, 1.807) is 11.3 Å². The summed E-state index contributed by atoms with van der Waals surface area (Å²) in [6.45, 7) is 1.25. The van der Waals surface area contributed by atoms with Crippen molar-refractivity contribution in [2.75, 3.05) is 6.54 Å². The Hall–Kier alpha value is -2.21. The number of carbonyl (C=O) groups excluding carboxylic acids is 1. The molecule has 3 heterocycles. The lowest BCUT2D eigenvalue weighted by Gasteiger charge is -2.44. The maximum absolute atomic E-state index is 13.3. The predicted octanol–water partition coefficient (Wildman–Crippen LogP) is 4.34. The highest BCUT2D eigenvalue weighted by atomic mass is 32.1. The minimum Gasteiger partial charge on any atom is -0.338 e. The molecule has 27 heavy (non-hydrogen) atoms. The number of imidazole rings is 1. The van der Waals surface area contributed by atoms with Gasteiger partial charge in [-0.05, 0) is 43.7 Å².